The standard InChI is InChI=1S/C19H17BrF3NO4/c1-27-18(26)10-16(12-3-2-4-14(20)9-12)24-17(25)11-28-15-7-5-13(6-8-15)19(21,22)23/h2-9,16H,10-11H2,1H3,(H,24,25). The molecule has 0 radical (unpaired) electrons. The lowest BCUT2D eigenvalue weighted by atomic mass is 10.0. The van der Waals surface area contributed by atoms with E-state index in [1.54, 1.807) is 24.3 Å². The molecule has 0 aliphatic carbocycles. The highest BCUT2D eigenvalue weighted by atomic mass is 79.9. The van der Waals surface area contributed by atoms with Gasteiger partial charge in [0.2, 0.25) is 0 Å². The van der Waals surface area contributed by atoms with Crippen molar-refractivity contribution < 1.29 is 32.2 Å². The van der Waals surface area contributed by atoms with Crippen molar-refractivity contribution in [2.45, 2.75) is 18.6 Å². The number of benzene rings is 2. The van der Waals surface area contributed by atoms with Crippen molar-refractivity contribution in [2.75, 3.05) is 13.7 Å². The van der Waals surface area contributed by atoms with Crippen LogP contribution in [-0.2, 0) is 20.5 Å². The van der Waals surface area contributed by atoms with Gasteiger partial charge in [-0.05, 0) is 42.0 Å². The van der Waals surface area contributed by atoms with Crippen LogP contribution in [0.25, 0.3) is 0 Å². The zero-order valence-corrected chi connectivity index (χ0v) is 16.3. The zero-order valence-electron chi connectivity index (χ0n) is 14.8. The molecule has 1 amide bonds. The van der Waals surface area contributed by atoms with Crippen LogP contribution in [0.3, 0.4) is 0 Å². The normalized spacial score (nSPS) is 12.2. The summed E-state index contributed by atoms with van der Waals surface area (Å²) in [6.45, 7) is -0.420. The molecule has 0 aromatic heterocycles. The second kappa shape index (κ2) is 9.59. The van der Waals surface area contributed by atoms with Gasteiger partial charge in [-0.1, -0.05) is 28.1 Å². The monoisotopic (exact) mass is 459 g/mol. The molecule has 2 aromatic carbocycles. The van der Waals surface area contributed by atoms with Crippen LogP contribution in [0.2, 0.25) is 0 Å². The smallest absolute Gasteiger partial charge is 0.416 e. The van der Waals surface area contributed by atoms with Crippen LogP contribution in [0.5, 0.6) is 5.75 Å². The van der Waals surface area contributed by atoms with Gasteiger partial charge in [-0.2, -0.15) is 13.2 Å². The number of alkyl halides is 3. The molecule has 0 spiro atoms. The Kier molecular flexibility index (Phi) is 7.45. The maximum absolute atomic E-state index is 12.6. The first-order valence-electron chi connectivity index (χ1n) is 8.10. The highest BCUT2D eigenvalue weighted by Gasteiger charge is 2.30. The number of hydrogen-bond donors (Lipinski definition) is 1. The molecule has 0 fully saturated rings. The SMILES string of the molecule is COC(=O)CC(NC(=O)COc1ccc(C(F)(F)F)cc1)c1cccc(Br)c1. The van der Waals surface area contributed by atoms with E-state index in [2.05, 4.69) is 26.0 Å². The van der Waals surface area contributed by atoms with Gasteiger partial charge in [-0.15, -0.1) is 0 Å². The number of methoxy groups -OCH3 is 1. The summed E-state index contributed by atoms with van der Waals surface area (Å²) >= 11 is 3.33. The van der Waals surface area contributed by atoms with Gasteiger partial charge in [-0.3, -0.25) is 9.59 Å². The number of carbonyl (C=O) groups is 2. The Morgan fingerprint density at radius 2 is 1.82 bits per heavy atom. The summed E-state index contributed by atoms with van der Waals surface area (Å²) in [5.74, 6) is -0.919. The summed E-state index contributed by atoms with van der Waals surface area (Å²) in [7, 11) is 1.25. The summed E-state index contributed by atoms with van der Waals surface area (Å²) < 4.78 is 48.3. The van der Waals surface area contributed by atoms with E-state index >= 15 is 0 Å². The Labute approximate surface area is 168 Å². The molecule has 0 saturated carbocycles. The van der Waals surface area contributed by atoms with Gasteiger partial charge in [0.1, 0.15) is 5.75 Å². The van der Waals surface area contributed by atoms with Gasteiger partial charge < -0.3 is 14.8 Å². The number of halogens is 4. The van der Waals surface area contributed by atoms with Crippen LogP contribution >= 0.6 is 15.9 Å². The number of hydrogen-bond acceptors (Lipinski definition) is 4. The van der Waals surface area contributed by atoms with Crippen LogP contribution in [-0.4, -0.2) is 25.6 Å². The minimum atomic E-state index is -4.44. The molecule has 1 N–H and O–H groups in total. The van der Waals surface area contributed by atoms with E-state index in [0.717, 1.165) is 28.7 Å². The predicted molar refractivity (Wildman–Crippen MR) is 98.6 cm³/mol. The number of ether oxygens (including phenoxy) is 2. The van der Waals surface area contributed by atoms with Crippen molar-refractivity contribution in [2.24, 2.45) is 0 Å². The topological polar surface area (TPSA) is 64.6 Å². The predicted octanol–water partition coefficient (Wildman–Crippen LogP) is 4.27. The molecule has 0 aliphatic rings. The van der Waals surface area contributed by atoms with Crippen molar-refractivity contribution >= 4 is 27.8 Å². The third kappa shape index (κ3) is 6.56. The van der Waals surface area contributed by atoms with Crippen LogP contribution in [0.15, 0.2) is 53.0 Å². The summed E-state index contributed by atoms with van der Waals surface area (Å²) in [4.78, 5) is 23.8. The molecule has 9 heteroatoms. The van der Waals surface area contributed by atoms with Crippen molar-refractivity contribution in [3.8, 4) is 5.75 Å². The molecule has 28 heavy (non-hydrogen) atoms. The molecule has 0 saturated heterocycles. The average Bonchev–Trinajstić information content (AvgIpc) is 2.65. The molecule has 0 aliphatic heterocycles. The van der Waals surface area contributed by atoms with Crippen molar-refractivity contribution in [1.29, 1.82) is 0 Å². The number of carbonyl (C=O) groups excluding carboxylic acids is 2. The first-order valence-corrected chi connectivity index (χ1v) is 8.90. The third-order valence-electron chi connectivity index (χ3n) is 3.74. The van der Waals surface area contributed by atoms with Crippen LogP contribution in [0.4, 0.5) is 13.2 Å². The van der Waals surface area contributed by atoms with Crippen molar-refractivity contribution in [3.05, 3.63) is 64.1 Å². The van der Waals surface area contributed by atoms with E-state index in [1.807, 2.05) is 0 Å². The molecule has 0 heterocycles. The molecule has 5 nitrogen and oxygen atoms in total. The number of rotatable bonds is 7. The summed E-state index contributed by atoms with van der Waals surface area (Å²) in [5, 5.41) is 2.67. The van der Waals surface area contributed by atoms with E-state index in [0.29, 0.717) is 5.56 Å². The molecule has 0 bridgehead atoms. The second-order valence-corrected chi connectivity index (χ2v) is 6.68. The molecule has 1 atom stereocenters. The highest BCUT2D eigenvalue weighted by Crippen LogP contribution is 2.30. The van der Waals surface area contributed by atoms with Crippen molar-refractivity contribution in [3.63, 3.8) is 0 Å². The van der Waals surface area contributed by atoms with Gasteiger partial charge in [0.05, 0.1) is 25.1 Å². The van der Waals surface area contributed by atoms with E-state index in [4.69, 9.17) is 4.74 Å². The fourth-order valence-corrected chi connectivity index (χ4v) is 2.77. The number of nitrogens with one attached hydrogen (secondary N) is 1. The van der Waals surface area contributed by atoms with E-state index in [9.17, 15) is 22.8 Å². The molecule has 150 valence electrons. The van der Waals surface area contributed by atoms with E-state index in [-0.39, 0.29) is 12.2 Å². The summed E-state index contributed by atoms with van der Waals surface area (Å²) in [5.41, 5.74) is -0.125. The van der Waals surface area contributed by atoms with Crippen molar-refractivity contribution in [1.82, 2.24) is 5.32 Å². The van der Waals surface area contributed by atoms with Crippen LogP contribution in [0.1, 0.15) is 23.6 Å². The largest absolute Gasteiger partial charge is 0.484 e. The first kappa shape index (κ1) is 21.7. The lowest BCUT2D eigenvalue weighted by molar-refractivity contribution is -0.141. The summed E-state index contributed by atoms with van der Waals surface area (Å²) in [6, 6.07) is 10.4. The maximum atomic E-state index is 12.6. The Balaban J connectivity index is 2.00. The number of esters is 1. The van der Waals surface area contributed by atoms with Gasteiger partial charge in [-0.25, -0.2) is 0 Å². The zero-order chi connectivity index (χ0) is 20.7. The first-order chi connectivity index (χ1) is 13.2. The van der Waals surface area contributed by atoms with Crippen LogP contribution < -0.4 is 10.1 Å². The molecule has 2 aromatic rings. The molecule has 2 rings (SSSR count). The fourth-order valence-electron chi connectivity index (χ4n) is 2.35. The molecule has 1 unspecified atom stereocenters. The minimum absolute atomic E-state index is 0.0844. The quantitative estimate of drug-likeness (QED) is 0.628. The van der Waals surface area contributed by atoms with Gasteiger partial charge >= 0.3 is 12.1 Å². The highest BCUT2D eigenvalue weighted by molar-refractivity contribution is 9.10. The summed E-state index contributed by atoms with van der Waals surface area (Å²) in [6.07, 6.45) is -4.53. The Hall–Kier alpha value is -2.55. The lowest BCUT2D eigenvalue weighted by Gasteiger charge is -2.19. The van der Waals surface area contributed by atoms with Gasteiger partial charge in [0, 0.05) is 4.47 Å². The van der Waals surface area contributed by atoms with E-state index in [1.165, 1.54) is 7.11 Å². The maximum Gasteiger partial charge on any atom is 0.416 e. The second-order valence-electron chi connectivity index (χ2n) is 5.77. The third-order valence-corrected chi connectivity index (χ3v) is 4.23. The van der Waals surface area contributed by atoms with E-state index < -0.39 is 36.3 Å². The molecular formula is C19H17BrF3NO4. The lowest BCUT2D eigenvalue weighted by Crippen LogP contribution is -2.34. The fraction of sp³-hybridized carbons (Fsp3) is 0.263. The van der Waals surface area contributed by atoms with Crippen LogP contribution in [0, 0.1) is 0 Å². The Morgan fingerprint density at radius 1 is 1.14 bits per heavy atom. The van der Waals surface area contributed by atoms with Gasteiger partial charge in [0.25, 0.3) is 5.91 Å². The van der Waals surface area contributed by atoms with Gasteiger partial charge in [0.15, 0.2) is 6.61 Å². The number of amides is 1. The average molecular weight is 460 g/mol. The Morgan fingerprint density at radius 3 is 2.39 bits per heavy atom. The molecular weight excluding hydrogens is 443 g/mol. The Bertz CT molecular complexity index is 825. The minimum Gasteiger partial charge on any atom is -0.484 e.